The molecule has 1 aliphatic rings. The SMILES string of the molecule is C/C=C/CCS(=O)(=O)N[C@H](C)c1ccc(F)c(OCC2CC2)c1. The quantitative estimate of drug-likeness (QED) is 0.699. The Bertz CT molecular complexity index is 654. The maximum atomic E-state index is 13.8. The van der Waals surface area contributed by atoms with Crippen molar-refractivity contribution in [3.8, 4) is 5.75 Å². The van der Waals surface area contributed by atoms with E-state index in [0.717, 1.165) is 12.8 Å². The van der Waals surface area contributed by atoms with Gasteiger partial charge in [0.1, 0.15) is 0 Å². The molecule has 0 bridgehead atoms. The van der Waals surface area contributed by atoms with E-state index in [4.69, 9.17) is 4.74 Å². The summed E-state index contributed by atoms with van der Waals surface area (Å²) >= 11 is 0. The van der Waals surface area contributed by atoms with Crippen LogP contribution in [0.1, 0.15) is 44.7 Å². The predicted molar refractivity (Wildman–Crippen MR) is 89.4 cm³/mol. The average molecular weight is 341 g/mol. The van der Waals surface area contributed by atoms with Gasteiger partial charge in [-0.1, -0.05) is 18.2 Å². The van der Waals surface area contributed by atoms with Gasteiger partial charge in [-0.2, -0.15) is 0 Å². The third kappa shape index (κ3) is 5.95. The van der Waals surface area contributed by atoms with Crippen molar-refractivity contribution in [2.24, 2.45) is 5.92 Å². The monoisotopic (exact) mass is 341 g/mol. The van der Waals surface area contributed by atoms with Gasteiger partial charge in [0.25, 0.3) is 0 Å². The molecule has 1 aliphatic carbocycles. The molecule has 0 saturated heterocycles. The predicted octanol–water partition coefficient (Wildman–Crippen LogP) is 3.56. The standard InChI is InChI=1S/C17H24FNO3S/c1-3-4-5-10-23(20,21)19-13(2)15-8-9-16(18)17(11-15)22-12-14-6-7-14/h3-4,8-9,11,13-14,19H,5-7,10,12H2,1-2H3/b4-3+/t13-/m1/s1. The van der Waals surface area contributed by atoms with Gasteiger partial charge >= 0.3 is 0 Å². The molecule has 0 spiro atoms. The first-order valence-electron chi connectivity index (χ1n) is 7.94. The Hall–Kier alpha value is -1.40. The molecule has 0 heterocycles. The second kappa shape index (κ2) is 7.93. The summed E-state index contributed by atoms with van der Waals surface area (Å²) in [6.07, 6.45) is 6.36. The zero-order valence-electron chi connectivity index (χ0n) is 13.6. The number of allylic oxidation sites excluding steroid dienone is 2. The number of ether oxygens (including phenoxy) is 1. The minimum atomic E-state index is -3.38. The Morgan fingerprint density at radius 1 is 1.43 bits per heavy atom. The summed E-state index contributed by atoms with van der Waals surface area (Å²) in [5, 5.41) is 0. The molecule has 0 radical (unpaired) electrons. The highest BCUT2D eigenvalue weighted by Gasteiger charge is 2.23. The van der Waals surface area contributed by atoms with Crippen molar-refractivity contribution in [2.45, 2.75) is 39.2 Å². The molecule has 128 valence electrons. The number of rotatable bonds is 9. The Balaban J connectivity index is 2.00. The summed E-state index contributed by atoms with van der Waals surface area (Å²) in [6.45, 7) is 4.11. The molecule has 1 saturated carbocycles. The van der Waals surface area contributed by atoms with E-state index < -0.39 is 21.9 Å². The van der Waals surface area contributed by atoms with Crippen LogP contribution in [-0.4, -0.2) is 20.8 Å². The molecule has 1 atom stereocenters. The molecular formula is C17H24FNO3S. The zero-order valence-corrected chi connectivity index (χ0v) is 14.4. The molecule has 1 N–H and O–H groups in total. The van der Waals surface area contributed by atoms with Crippen molar-refractivity contribution in [1.82, 2.24) is 4.72 Å². The fraction of sp³-hybridized carbons (Fsp3) is 0.529. The maximum absolute atomic E-state index is 13.8. The summed E-state index contributed by atoms with van der Waals surface area (Å²) in [4.78, 5) is 0. The minimum Gasteiger partial charge on any atom is -0.490 e. The molecular weight excluding hydrogens is 317 g/mol. The smallest absolute Gasteiger partial charge is 0.212 e. The first-order chi connectivity index (χ1) is 10.9. The van der Waals surface area contributed by atoms with Gasteiger partial charge in [-0.15, -0.1) is 0 Å². The van der Waals surface area contributed by atoms with Gasteiger partial charge in [-0.25, -0.2) is 17.5 Å². The van der Waals surface area contributed by atoms with Gasteiger partial charge in [0.15, 0.2) is 11.6 Å². The second-order valence-electron chi connectivity index (χ2n) is 5.96. The highest BCUT2D eigenvalue weighted by molar-refractivity contribution is 7.89. The van der Waals surface area contributed by atoms with Crippen molar-refractivity contribution in [1.29, 1.82) is 0 Å². The number of halogens is 1. The van der Waals surface area contributed by atoms with Crippen LogP contribution >= 0.6 is 0 Å². The number of hydrogen-bond donors (Lipinski definition) is 1. The van der Waals surface area contributed by atoms with Crippen molar-refractivity contribution >= 4 is 10.0 Å². The van der Waals surface area contributed by atoms with Gasteiger partial charge in [0, 0.05) is 6.04 Å². The molecule has 0 unspecified atom stereocenters. The van der Waals surface area contributed by atoms with Crippen molar-refractivity contribution in [3.63, 3.8) is 0 Å². The largest absolute Gasteiger partial charge is 0.490 e. The van der Waals surface area contributed by atoms with E-state index in [2.05, 4.69) is 4.72 Å². The Labute approximate surface area is 137 Å². The topological polar surface area (TPSA) is 55.4 Å². The lowest BCUT2D eigenvalue weighted by molar-refractivity contribution is 0.285. The molecule has 0 aromatic heterocycles. The molecule has 1 aromatic rings. The van der Waals surface area contributed by atoms with Gasteiger partial charge < -0.3 is 4.74 Å². The second-order valence-corrected chi connectivity index (χ2v) is 7.83. The Morgan fingerprint density at radius 2 is 2.17 bits per heavy atom. The van der Waals surface area contributed by atoms with Crippen LogP contribution < -0.4 is 9.46 Å². The van der Waals surface area contributed by atoms with Crippen molar-refractivity contribution in [3.05, 3.63) is 41.7 Å². The normalized spacial score (nSPS) is 16.7. The summed E-state index contributed by atoms with van der Waals surface area (Å²) in [7, 11) is -3.38. The first kappa shape index (κ1) is 17.9. The van der Waals surface area contributed by atoms with Crippen LogP contribution in [0.3, 0.4) is 0 Å². The lowest BCUT2D eigenvalue weighted by Gasteiger charge is -2.16. The van der Waals surface area contributed by atoms with Gasteiger partial charge in [0.05, 0.1) is 12.4 Å². The van der Waals surface area contributed by atoms with Crippen molar-refractivity contribution in [2.75, 3.05) is 12.4 Å². The van der Waals surface area contributed by atoms with E-state index in [1.807, 2.05) is 19.1 Å². The van der Waals surface area contributed by atoms with Crippen LogP contribution in [0, 0.1) is 11.7 Å². The lowest BCUT2D eigenvalue weighted by atomic mass is 10.1. The number of nitrogens with one attached hydrogen (secondary N) is 1. The van der Waals surface area contributed by atoms with Crippen LogP contribution in [0.4, 0.5) is 4.39 Å². The van der Waals surface area contributed by atoms with Gasteiger partial charge in [-0.3, -0.25) is 0 Å². The Kier molecular flexibility index (Phi) is 6.18. The van der Waals surface area contributed by atoms with Crippen LogP contribution in [0.5, 0.6) is 5.75 Å². The third-order valence-corrected chi connectivity index (χ3v) is 5.26. The molecule has 23 heavy (non-hydrogen) atoms. The first-order valence-corrected chi connectivity index (χ1v) is 9.60. The van der Waals surface area contributed by atoms with E-state index in [-0.39, 0.29) is 11.5 Å². The van der Waals surface area contributed by atoms with Crippen LogP contribution in [-0.2, 0) is 10.0 Å². The minimum absolute atomic E-state index is 0.0356. The van der Waals surface area contributed by atoms with Crippen molar-refractivity contribution < 1.29 is 17.5 Å². The number of hydrogen-bond acceptors (Lipinski definition) is 3. The molecule has 1 fully saturated rings. The molecule has 4 nitrogen and oxygen atoms in total. The zero-order chi connectivity index (χ0) is 16.9. The van der Waals surface area contributed by atoms with E-state index in [9.17, 15) is 12.8 Å². The Morgan fingerprint density at radius 3 is 2.83 bits per heavy atom. The summed E-state index contributed by atoms with van der Waals surface area (Å²) in [5.74, 6) is 0.334. The van der Waals surface area contributed by atoms with Crippen LogP contribution in [0.25, 0.3) is 0 Å². The van der Waals surface area contributed by atoms with Gasteiger partial charge in [-0.05, 0) is 56.7 Å². The van der Waals surface area contributed by atoms with E-state index >= 15 is 0 Å². The molecule has 2 rings (SSSR count). The molecule has 1 aromatic carbocycles. The fourth-order valence-electron chi connectivity index (χ4n) is 2.18. The summed E-state index contributed by atoms with van der Waals surface area (Å²) < 4.78 is 45.9. The van der Waals surface area contributed by atoms with E-state index in [0.29, 0.717) is 24.5 Å². The number of sulfonamides is 1. The summed E-state index contributed by atoms with van der Waals surface area (Å²) in [5.41, 5.74) is 0.687. The average Bonchev–Trinajstić information content (AvgIpc) is 3.30. The maximum Gasteiger partial charge on any atom is 0.212 e. The summed E-state index contributed by atoms with van der Waals surface area (Å²) in [6, 6.07) is 4.05. The highest BCUT2D eigenvalue weighted by Crippen LogP contribution is 2.31. The van der Waals surface area contributed by atoms with Gasteiger partial charge in [0.2, 0.25) is 10.0 Å². The lowest BCUT2D eigenvalue weighted by Crippen LogP contribution is -2.29. The number of benzene rings is 1. The molecule has 0 amide bonds. The van der Waals surface area contributed by atoms with Crippen LogP contribution in [0.2, 0.25) is 0 Å². The molecule has 0 aliphatic heterocycles. The van der Waals surface area contributed by atoms with Crippen LogP contribution in [0.15, 0.2) is 30.4 Å². The fourth-order valence-corrected chi connectivity index (χ4v) is 3.42. The highest BCUT2D eigenvalue weighted by atomic mass is 32.2. The third-order valence-electron chi connectivity index (χ3n) is 3.77. The van der Waals surface area contributed by atoms with E-state index in [1.54, 1.807) is 19.1 Å². The van der Waals surface area contributed by atoms with E-state index in [1.165, 1.54) is 6.07 Å². The molecule has 6 heteroatoms.